The van der Waals surface area contributed by atoms with E-state index in [0.717, 1.165) is 23.6 Å². The van der Waals surface area contributed by atoms with Gasteiger partial charge in [-0.3, -0.25) is 4.79 Å². The highest BCUT2D eigenvalue weighted by Crippen LogP contribution is 2.15. The van der Waals surface area contributed by atoms with Crippen molar-refractivity contribution in [2.75, 3.05) is 13.6 Å². The number of rotatable bonds is 9. The quantitative estimate of drug-likeness (QED) is 0.728. The fraction of sp³-hybridized carbons (Fsp3) is 0.556. The predicted octanol–water partition coefficient (Wildman–Crippen LogP) is 2.51. The second-order valence-electron chi connectivity index (χ2n) is 6.69. The topological polar surface area (TPSA) is 90.3 Å². The first-order valence-electron chi connectivity index (χ1n) is 8.42. The molecule has 6 nitrogen and oxygen atoms in total. The molecule has 0 spiro atoms. The van der Waals surface area contributed by atoms with Gasteiger partial charge in [-0.2, -0.15) is 9.57 Å². The molecule has 1 amide bonds. The van der Waals surface area contributed by atoms with Gasteiger partial charge in [-0.15, -0.1) is 0 Å². The van der Waals surface area contributed by atoms with E-state index < -0.39 is 10.0 Å². The van der Waals surface area contributed by atoms with Crippen molar-refractivity contribution in [3.8, 4) is 6.07 Å². The Balaban J connectivity index is 2.59. The molecule has 0 bridgehead atoms. The zero-order valence-electron chi connectivity index (χ0n) is 15.3. The lowest BCUT2D eigenvalue weighted by atomic mass is 10.0. The maximum atomic E-state index is 12.5. The Morgan fingerprint density at radius 3 is 2.32 bits per heavy atom. The lowest BCUT2D eigenvalue weighted by molar-refractivity contribution is -0.121. The SMILES string of the molecule is CC(C)CCC[C@@H](C)NC(=O)CN(C)S(=O)(=O)c1ccc(C#N)cc1. The Kier molecular flexibility index (Phi) is 8.07. The molecule has 138 valence electrons. The van der Waals surface area contributed by atoms with Gasteiger partial charge in [-0.1, -0.05) is 26.7 Å². The summed E-state index contributed by atoms with van der Waals surface area (Å²) in [5.41, 5.74) is 0.384. The van der Waals surface area contributed by atoms with Crippen LogP contribution in [0.5, 0.6) is 0 Å². The lowest BCUT2D eigenvalue weighted by Crippen LogP contribution is -2.41. The van der Waals surface area contributed by atoms with E-state index in [0.29, 0.717) is 11.5 Å². The Morgan fingerprint density at radius 1 is 1.20 bits per heavy atom. The van der Waals surface area contributed by atoms with Crippen LogP contribution in [0.25, 0.3) is 0 Å². The van der Waals surface area contributed by atoms with Crippen LogP contribution in [0.3, 0.4) is 0 Å². The maximum Gasteiger partial charge on any atom is 0.243 e. The molecule has 7 heteroatoms. The van der Waals surface area contributed by atoms with Crippen molar-refractivity contribution >= 4 is 15.9 Å². The van der Waals surface area contributed by atoms with Gasteiger partial charge in [0.05, 0.1) is 23.1 Å². The number of carbonyl (C=O) groups excluding carboxylic acids is 1. The van der Waals surface area contributed by atoms with Gasteiger partial charge >= 0.3 is 0 Å². The van der Waals surface area contributed by atoms with Crippen molar-refractivity contribution in [2.45, 2.75) is 51.0 Å². The van der Waals surface area contributed by atoms with Gasteiger partial charge < -0.3 is 5.32 Å². The van der Waals surface area contributed by atoms with Crippen LogP contribution in [0.15, 0.2) is 29.2 Å². The van der Waals surface area contributed by atoms with Gasteiger partial charge in [0.2, 0.25) is 15.9 Å². The number of likely N-dealkylation sites (N-methyl/N-ethyl adjacent to an activating group) is 1. The first-order chi connectivity index (χ1) is 11.7. The number of benzene rings is 1. The summed E-state index contributed by atoms with van der Waals surface area (Å²) in [6.07, 6.45) is 3.00. The summed E-state index contributed by atoms with van der Waals surface area (Å²) in [7, 11) is -2.39. The van der Waals surface area contributed by atoms with Gasteiger partial charge in [-0.25, -0.2) is 8.42 Å². The number of nitrogens with zero attached hydrogens (tertiary/aromatic N) is 2. The van der Waals surface area contributed by atoms with Crippen molar-refractivity contribution < 1.29 is 13.2 Å². The molecule has 0 aromatic heterocycles. The number of hydrogen-bond acceptors (Lipinski definition) is 4. The number of nitrogens with one attached hydrogen (secondary N) is 1. The summed E-state index contributed by atoms with van der Waals surface area (Å²) in [5.74, 6) is 0.309. The summed E-state index contributed by atoms with van der Waals surface area (Å²) < 4.78 is 25.9. The van der Waals surface area contributed by atoms with Crippen molar-refractivity contribution in [2.24, 2.45) is 5.92 Å². The van der Waals surface area contributed by atoms with Crippen molar-refractivity contribution in [3.05, 3.63) is 29.8 Å². The molecule has 0 saturated carbocycles. The number of amides is 1. The molecule has 1 aromatic rings. The molecule has 0 aliphatic heterocycles. The van der Waals surface area contributed by atoms with Gasteiger partial charge in [0.15, 0.2) is 0 Å². The van der Waals surface area contributed by atoms with Crippen LogP contribution in [0, 0.1) is 17.2 Å². The summed E-state index contributed by atoms with van der Waals surface area (Å²) in [4.78, 5) is 12.1. The molecule has 1 atom stereocenters. The third-order valence-corrected chi connectivity index (χ3v) is 5.70. The highest BCUT2D eigenvalue weighted by Gasteiger charge is 2.23. The maximum absolute atomic E-state index is 12.5. The smallest absolute Gasteiger partial charge is 0.243 e. The highest BCUT2D eigenvalue weighted by molar-refractivity contribution is 7.89. The minimum Gasteiger partial charge on any atom is -0.353 e. The van der Waals surface area contributed by atoms with E-state index in [1.165, 1.54) is 31.3 Å². The summed E-state index contributed by atoms with van der Waals surface area (Å²) >= 11 is 0. The van der Waals surface area contributed by atoms with E-state index in [1.54, 1.807) is 0 Å². The number of hydrogen-bond donors (Lipinski definition) is 1. The molecule has 0 heterocycles. The molecule has 0 fully saturated rings. The molecule has 0 unspecified atom stereocenters. The van der Waals surface area contributed by atoms with Crippen molar-refractivity contribution in [1.82, 2.24) is 9.62 Å². The summed E-state index contributed by atoms with van der Waals surface area (Å²) in [5, 5.41) is 11.6. The number of sulfonamides is 1. The van der Waals surface area contributed by atoms with E-state index in [4.69, 9.17) is 5.26 Å². The molecule has 1 aromatic carbocycles. The second kappa shape index (κ2) is 9.54. The Bertz CT molecular complexity index is 706. The van der Waals surface area contributed by atoms with Crippen molar-refractivity contribution in [1.29, 1.82) is 5.26 Å². The molecule has 1 N–H and O–H groups in total. The Hall–Kier alpha value is -1.91. The number of carbonyl (C=O) groups is 1. The monoisotopic (exact) mass is 365 g/mol. The van der Waals surface area contributed by atoms with Gasteiger partial charge in [0.1, 0.15) is 0 Å². The van der Waals surface area contributed by atoms with E-state index in [1.807, 2.05) is 13.0 Å². The van der Waals surface area contributed by atoms with Crippen LogP contribution in [0.1, 0.15) is 45.6 Å². The van der Waals surface area contributed by atoms with Gasteiger partial charge in [0.25, 0.3) is 0 Å². The third-order valence-electron chi connectivity index (χ3n) is 3.88. The third kappa shape index (κ3) is 6.85. The van der Waals surface area contributed by atoms with Crippen molar-refractivity contribution in [3.63, 3.8) is 0 Å². The predicted molar refractivity (Wildman–Crippen MR) is 97.3 cm³/mol. The minimum atomic E-state index is -3.76. The van der Waals surface area contributed by atoms with E-state index in [9.17, 15) is 13.2 Å². The molecular weight excluding hydrogens is 338 g/mol. The fourth-order valence-electron chi connectivity index (χ4n) is 2.39. The molecular formula is C18H27N3O3S. The average molecular weight is 365 g/mol. The average Bonchev–Trinajstić information content (AvgIpc) is 2.54. The van der Waals surface area contributed by atoms with Crippen LogP contribution in [0.4, 0.5) is 0 Å². The summed E-state index contributed by atoms with van der Waals surface area (Å²) in [6.45, 7) is 6.00. The molecule has 0 radical (unpaired) electrons. The van der Waals surface area contributed by atoms with E-state index >= 15 is 0 Å². The Labute approximate surface area is 150 Å². The Morgan fingerprint density at radius 2 is 1.80 bits per heavy atom. The first-order valence-corrected chi connectivity index (χ1v) is 9.86. The van der Waals surface area contributed by atoms with E-state index in [2.05, 4.69) is 19.2 Å². The van der Waals surface area contributed by atoms with Gasteiger partial charge in [0, 0.05) is 13.1 Å². The second-order valence-corrected chi connectivity index (χ2v) is 8.74. The molecule has 1 rings (SSSR count). The molecule has 0 aliphatic rings. The minimum absolute atomic E-state index is 0.0114. The fourth-order valence-corrected chi connectivity index (χ4v) is 3.52. The highest BCUT2D eigenvalue weighted by atomic mass is 32.2. The normalized spacial score (nSPS) is 12.8. The summed E-state index contributed by atoms with van der Waals surface area (Å²) in [6, 6.07) is 7.58. The van der Waals surface area contributed by atoms with Crippen LogP contribution in [-0.4, -0.2) is 38.3 Å². The zero-order valence-corrected chi connectivity index (χ0v) is 16.1. The standard InChI is InChI=1S/C18H27N3O3S/c1-14(2)6-5-7-15(3)20-18(22)13-21(4)25(23,24)17-10-8-16(12-19)9-11-17/h8-11,14-15H,5-7,13H2,1-4H3,(H,20,22)/t15-/m1/s1. The van der Waals surface area contributed by atoms with Crippen LogP contribution in [0.2, 0.25) is 0 Å². The molecule has 0 aliphatic carbocycles. The first kappa shape index (κ1) is 21.1. The lowest BCUT2D eigenvalue weighted by Gasteiger charge is -2.19. The van der Waals surface area contributed by atoms with Crippen LogP contribution >= 0.6 is 0 Å². The molecule has 25 heavy (non-hydrogen) atoms. The van der Waals surface area contributed by atoms with Crippen LogP contribution < -0.4 is 5.32 Å². The van der Waals surface area contributed by atoms with Crippen LogP contribution in [-0.2, 0) is 14.8 Å². The van der Waals surface area contributed by atoms with E-state index in [-0.39, 0.29) is 23.4 Å². The number of nitriles is 1. The molecule has 0 saturated heterocycles. The zero-order chi connectivity index (χ0) is 19.0. The van der Waals surface area contributed by atoms with Gasteiger partial charge in [-0.05, 0) is 43.5 Å². The largest absolute Gasteiger partial charge is 0.353 e.